The zero-order valence-corrected chi connectivity index (χ0v) is 15.3. The van der Waals surface area contributed by atoms with E-state index in [2.05, 4.69) is 15.4 Å². The molecule has 1 aromatic heterocycles. The molecule has 12 heteroatoms. The van der Waals surface area contributed by atoms with Crippen LogP contribution in [0.25, 0.3) is 17.6 Å². The highest BCUT2D eigenvalue weighted by atomic mass is 19.4. The summed E-state index contributed by atoms with van der Waals surface area (Å²) in [5.74, 6) is -0.588. The van der Waals surface area contributed by atoms with Crippen molar-refractivity contribution in [2.24, 2.45) is 5.41 Å². The highest BCUT2D eigenvalue weighted by molar-refractivity contribution is 5.90. The van der Waals surface area contributed by atoms with Crippen molar-refractivity contribution in [1.29, 1.82) is 0 Å². The van der Waals surface area contributed by atoms with Crippen LogP contribution >= 0.6 is 0 Å². The molecule has 1 N–H and O–H groups in total. The quantitative estimate of drug-likeness (QED) is 0.600. The number of alkyl halides is 6. The van der Waals surface area contributed by atoms with Gasteiger partial charge in [-0.25, -0.2) is 9.67 Å². The van der Waals surface area contributed by atoms with Gasteiger partial charge < -0.3 is 10.2 Å². The van der Waals surface area contributed by atoms with E-state index in [1.165, 1.54) is 12.3 Å². The number of likely N-dealkylation sites (tertiary alicyclic amines) is 1. The zero-order valence-electron chi connectivity index (χ0n) is 15.3. The molecule has 0 unspecified atom stereocenters. The average Bonchev–Trinajstić information content (AvgIpc) is 3.04. The first-order valence-corrected chi connectivity index (χ1v) is 8.84. The van der Waals surface area contributed by atoms with Crippen molar-refractivity contribution in [3.05, 3.63) is 41.7 Å². The summed E-state index contributed by atoms with van der Waals surface area (Å²) in [6.07, 6.45) is -6.35. The lowest BCUT2D eigenvalue weighted by atomic mass is 9.74. The molecule has 0 radical (unpaired) electrons. The maximum Gasteiger partial charge on any atom is 0.416 e. The molecule has 160 valence electrons. The van der Waals surface area contributed by atoms with Crippen LogP contribution in [0.3, 0.4) is 0 Å². The van der Waals surface area contributed by atoms with Crippen LogP contribution in [0.1, 0.15) is 11.1 Å². The Balaban J connectivity index is 1.52. The first-order chi connectivity index (χ1) is 14.0. The minimum atomic E-state index is -4.96. The van der Waals surface area contributed by atoms with Gasteiger partial charge in [0.25, 0.3) is 0 Å². The van der Waals surface area contributed by atoms with Crippen molar-refractivity contribution < 1.29 is 31.1 Å². The van der Waals surface area contributed by atoms with Crippen LogP contribution < -0.4 is 5.32 Å². The lowest BCUT2D eigenvalue weighted by Crippen LogP contribution is -2.71. The van der Waals surface area contributed by atoms with Crippen molar-refractivity contribution >= 4 is 12.1 Å². The third-order valence-corrected chi connectivity index (χ3v) is 5.09. The maximum atomic E-state index is 13.0. The van der Waals surface area contributed by atoms with Crippen molar-refractivity contribution in [1.82, 2.24) is 25.0 Å². The predicted molar refractivity (Wildman–Crippen MR) is 92.7 cm³/mol. The summed E-state index contributed by atoms with van der Waals surface area (Å²) in [4.78, 5) is 17.5. The molecule has 0 bridgehead atoms. The van der Waals surface area contributed by atoms with Crippen LogP contribution in [0.15, 0.2) is 30.6 Å². The second kappa shape index (κ2) is 6.83. The normalized spacial score (nSPS) is 18.5. The first-order valence-electron chi connectivity index (χ1n) is 8.84. The van der Waals surface area contributed by atoms with Crippen LogP contribution in [0.2, 0.25) is 0 Å². The molecule has 0 aliphatic carbocycles. The Morgan fingerprint density at radius 3 is 2.13 bits per heavy atom. The molecule has 2 aliphatic rings. The smallest absolute Gasteiger partial charge is 0.338 e. The molecule has 2 aromatic rings. The van der Waals surface area contributed by atoms with E-state index >= 15 is 0 Å². The third-order valence-electron chi connectivity index (χ3n) is 5.09. The summed E-state index contributed by atoms with van der Waals surface area (Å²) in [5.41, 5.74) is -3.18. The van der Waals surface area contributed by atoms with Gasteiger partial charge >= 0.3 is 12.4 Å². The summed E-state index contributed by atoms with van der Waals surface area (Å²) < 4.78 is 79.0. The van der Waals surface area contributed by atoms with Gasteiger partial charge in [0.1, 0.15) is 6.33 Å². The highest BCUT2D eigenvalue weighted by Gasteiger charge is 2.48. The van der Waals surface area contributed by atoms with Gasteiger partial charge in [-0.2, -0.15) is 26.3 Å². The number of carbonyl (C=O) groups excluding carboxylic acids is 1. The molecule has 0 atom stereocenters. The Bertz CT molecular complexity index is 965. The van der Waals surface area contributed by atoms with Crippen LogP contribution in [-0.4, -0.2) is 51.8 Å². The number of rotatable bonds is 3. The largest absolute Gasteiger partial charge is 0.416 e. The predicted octanol–water partition coefficient (Wildman–Crippen LogP) is 2.89. The number of benzene rings is 1. The molecule has 6 nitrogen and oxygen atoms in total. The van der Waals surface area contributed by atoms with Gasteiger partial charge in [-0.15, -0.1) is 5.10 Å². The molecule has 2 fully saturated rings. The number of carbonyl (C=O) groups is 1. The topological polar surface area (TPSA) is 63.1 Å². The van der Waals surface area contributed by atoms with Gasteiger partial charge in [0.05, 0.1) is 11.1 Å². The van der Waals surface area contributed by atoms with Gasteiger partial charge in [0.15, 0.2) is 5.82 Å². The Morgan fingerprint density at radius 2 is 1.63 bits per heavy atom. The van der Waals surface area contributed by atoms with Gasteiger partial charge in [-0.05, 0) is 18.2 Å². The van der Waals surface area contributed by atoms with E-state index in [0.717, 1.165) is 24.1 Å². The van der Waals surface area contributed by atoms with E-state index in [4.69, 9.17) is 0 Å². The maximum absolute atomic E-state index is 13.0. The van der Waals surface area contributed by atoms with Crippen molar-refractivity contribution in [3.63, 3.8) is 0 Å². The van der Waals surface area contributed by atoms with Crippen LogP contribution in [0, 0.1) is 5.41 Å². The van der Waals surface area contributed by atoms with Crippen LogP contribution in [0.5, 0.6) is 0 Å². The number of nitrogens with one attached hydrogen (secondary N) is 1. The second-order valence-corrected chi connectivity index (χ2v) is 7.46. The third kappa shape index (κ3) is 3.91. The summed E-state index contributed by atoms with van der Waals surface area (Å²) in [7, 11) is 0. The van der Waals surface area contributed by atoms with Gasteiger partial charge in [0, 0.05) is 49.4 Å². The molecule has 4 rings (SSSR count). The molecule has 2 aliphatic heterocycles. The Morgan fingerprint density at radius 1 is 1.03 bits per heavy atom. The fourth-order valence-corrected chi connectivity index (χ4v) is 3.43. The number of halogens is 6. The fourth-order valence-electron chi connectivity index (χ4n) is 3.43. The Labute approximate surface area is 166 Å². The zero-order chi connectivity index (χ0) is 21.7. The molecule has 3 heterocycles. The molecule has 1 amide bonds. The first kappa shape index (κ1) is 20.4. The molecular weight excluding hydrogens is 416 g/mol. The SMILES string of the molecule is O=C(C=Cn1cnc(-c2cc(C(F)(F)F)cc(C(F)(F)F)c2)n1)N1CC2(CNC2)C1. The molecular formula is C18H15F6N5O. The number of nitrogens with zero attached hydrogens (tertiary/aromatic N) is 4. The molecule has 1 spiro atoms. The Hall–Kier alpha value is -2.89. The van der Waals surface area contributed by atoms with E-state index < -0.39 is 29.0 Å². The lowest BCUT2D eigenvalue weighted by Gasteiger charge is -2.55. The number of hydrogen-bond donors (Lipinski definition) is 1. The van der Waals surface area contributed by atoms with Crippen molar-refractivity contribution in [2.75, 3.05) is 26.2 Å². The molecule has 1 aromatic carbocycles. The van der Waals surface area contributed by atoms with Crippen molar-refractivity contribution in [3.8, 4) is 11.4 Å². The van der Waals surface area contributed by atoms with E-state index in [1.807, 2.05) is 0 Å². The van der Waals surface area contributed by atoms with E-state index in [0.29, 0.717) is 25.2 Å². The van der Waals surface area contributed by atoms with Crippen LogP contribution in [-0.2, 0) is 17.1 Å². The summed E-state index contributed by atoms with van der Waals surface area (Å²) in [5, 5.41) is 7.01. The Kier molecular flexibility index (Phi) is 4.64. The number of hydrogen-bond acceptors (Lipinski definition) is 4. The van der Waals surface area contributed by atoms with Crippen LogP contribution in [0.4, 0.5) is 26.3 Å². The summed E-state index contributed by atoms with van der Waals surface area (Å²) in [6.45, 7) is 3.00. The monoisotopic (exact) mass is 431 g/mol. The minimum Gasteiger partial charge on any atom is -0.338 e. The van der Waals surface area contributed by atoms with Crippen molar-refractivity contribution in [2.45, 2.75) is 12.4 Å². The molecule has 30 heavy (non-hydrogen) atoms. The summed E-state index contributed by atoms with van der Waals surface area (Å²) >= 11 is 0. The van der Waals surface area contributed by atoms with Gasteiger partial charge in [0.2, 0.25) is 5.91 Å². The fraction of sp³-hybridized carbons (Fsp3) is 0.389. The second-order valence-electron chi connectivity index (χ2n) is 7.46. The van der Waals surface area contributed by atoms with Gasteiger partial charge in [-0.1, -0.05) is 0 Å². The number of amides is 1. The standard InChI is InChI=1S/C18H15F6N5O/c19-17(20,21)12-3-11(4-13(5-12)18(22,23)24)15-26-10-29(27-15)2-1-14(30)28-8-16(9-28)6-25-7-16/h1-5,10,25H,6-9H2. The lowest BCUT2D eigenvalue weighted by molar-refractivity contribution is -0.143. The van der Waals surface area contributed by atoms with E-state index in [9.17, 15) is 31.1 Å². The molecule has 0 saturated carbocycles. The van der Waals surface area contributed by atoms with E-state index in [1.54, 1.807) is 4.90 Å². The van der Waals surface area contributed by atoms with Gasteiger partial charge in [-0.3, -0.25) is 4.79 Å². The summed E-state index contributed by atoms with van der Waals surface area (Å²) in [6, 6.07) is 1.14. The molecule has 2 saturated heterocycles. The van der Waals surface area contributed by atoms with E-state index in [-0.39, 0.29) is 23.2 Å². The average molecular weight is 431 g/mol. The minimum absolute atomic E-state index is 0.0382. The highest BCUT2D eigenvalue weighted by Crippen LogP contribution is 2.38. The number of aromatic nitrogens is 3.